The molecule has 96 valence electrons. The fraction of sp³-hybridized carbons (Fsp3) is 0. The standard InChI is InChI=1S/C12H7F3N4/c13-7-2-9(14)11(15)10(3-7)19-12-6(4-16)1-8(17)5-18-12/h1-3,5H,17H2,(H,18,19). The summed E-state index contributed by atoms with van der Waals surface area (Å²) in [5, 5.41) is 11.2. The molecule has 0 bridgehead atoms. The van der Waals surface area contributed by atoms with E-state index in [1.807, 2.05) is 0 Å². The van der Waals surface area contributed by atoms with Crippen LogP contribution in [0.1, 0.15) is 5.56 Å². The zero-order valence-electron chi connectivity index (χ0n) is 9.42. The summed E-state index contributed by atoms with van der Waals surface area (Å²) >= 11 is 0. The Morgan fingerprint density at radius 1 is 1.21 bits per heavy atom. The van der Waals surface area contributed by atoms with Crippen LogP contribution in [0.5, 0.6) is 0 Å². The van der Waals surface area contributed by atoms with Gasteiger partial charge in [-0.05, 0) is 6.07 Å². The van der Waals surface area contributed by atoms with Crippen LogP contribution in [-0.4, -0.2) is 4.98 Å². The summed E-state index contributed by atoms with van der Waals surface area (Å²) in [6.07, 6.45) is 1.23. The molecule has 0 amide bonds. The Labute approximate surface area is 106 Å². The minimum Gasteiger partial charge on any atom is -0.397 e. The number of anilines is 3. The fourth-order valence-corrected chi connectivity index (χ4v) is 1.44. The van der Waals surface area contributed by atoms with Gasteiger partial charge in [-0.25, -0.2) is 18.2 Å². The molecule has 7 heteroatoms. The van der Waals surface area contributed by atoms with Gasteiger partial charge in [0.1, 0.15) is 17.7 Å². The second kappa shape index (κ2) is 4.86. The maximum Gasteiger partial charge on any atom is 0.182 e. The number of pyridine rings is 1. The molecule has 4 nitrogen and oxygen atoms in total. The summed E-state index contributed by atoms with van der Waals surface area (Å²) in [5.41, 5.74) is 5.26. The van der Waals surface area contributed by atoms with E-state index in [4.69, 9.17) is 11.0 Å². The molecule has 3 N–H and O–H groups in total. The topological polar surface area (TPSA) is 74.7 Å². The molecule has 2 rings (SSSR count). The SMILES string of the molecule is N#Cc1cc(N)cnc1Nc1cc(F)cc(F)c1F. The van der Waals surface area contributed by atoms with Gasteiger partial charge in [0.05, 0.1) is 23.1 Å². The molecule has 0 aliphatic carbocycles. The first-order valence-electron chi connectivity index (χ1n) is 5.08. The zero-order valence-corrected chi connectivity index (χ0v) is 9.42. The number of nitrogen functional groups attached to an aromatic ring is 1. The van der Waals surface area contributed by atoms with Gasteiger partial charge in [-0.15, -0.1) is 0 Å². The lowest BCUT2D eigenvalue weighted by molar-refractivity contribution is 0.498. The second-order valence-corrected chi connectivity index (χ2v) is 3.65. The summed E-state index contributed by atoms with van der Waals surface area (Å²) in [6, 6.07) is 4.28. The lowest BCUT2D eigenvalue weighted by atomic mass is 10.2. The Morgan fingerprint density at radius 2 is 1.95 bits per heavy atom. The molecule has 0 saturated carbocycles. The van der Waals surface area contributed by atoms with Crippen molar-refractivity contribution in [3.8, 4) is 6.07 Å². The molecule has 1 aromatic carbocycles. The largest absolute Gasteiger partial charge is 0.397 e. The molecular formula is C12H7F3N4. The van der Waals surface area contributed by atoms with Crippen LogP contribution in [0.25, 0.3) is 0 Å². The molecular weight excluding hydrogens is 257 g/mol. The van der Waals surface area contributed by atoms with Gasteiger partial charge in [0.25, 0.3) is 0 Å². The van der Waals surface area contributed by atoms with Gasteiger partial charge < -0.3 is 11.1 Å². The average molecular weight is 264 g/mol. The number of halogens is 3. The van der Waals surface area contributed by atoms with Crippen molar-refractivity contribution >= 4 is 17.2 Å². The zero-order chi connectivity index (χ0) is 14.0. The maximum absolute atomic E-state index is 13.4. The first kappa shape index (κ1) is 12.7. The molecule has 0 unspecified atom stereocenters. The first-order chi connectivity index (χ1) is 9.01. The van der Waals surface area contributed by atoms with Crippen LogP contribution in [0.3, 0.4) is 0 Å². The van der Waals surface area contributed by atoms with E-state index >= 15 is 0 Å². The second-order valence-electron chi connectivity index (χ2n) is 3.65. The van der Waals surface area contributed by atoms with E-state index in [-0.39, 0.29) is 17.1 Å². The van der Waals surface area contributed by atoms with Crippen LogP contribution < -0.4 is 11.1 Å². The fourth-order valence-electron chi connectivity index (χ4n) is 1.44. The monoisotopic (exact) mass is 264 g/mol. The van der Waals surface area contributed by atoms with Gasteiger partial charge in [-0.3, -0.25) is 0 Å². The van der Waals surface area contributed by atoms with Crippen LogP contribution in [-0.2, 0) is 0 Å². The van der Waals surface area contributed by atoms with E-state index in [0.29, 0.717) is 6.07 Å². The predicted molar refractivity (Wildman–Crippen MR) is 63.0 cm³/mol. The number of nitrogens with two attached hydrogens (primary N) is 1. The summed E-state index contributed by atoms with van der Waals surface area (Å²) in [5.74, 6) is -3.59. The summed E-state index contributed by atoms with van der Waals surface area (Å²) < 4.78 is 39.5. The van der Waals surface area contributed by atoms with Crippen molar-refractivity contribution in [3.63, 3.8) is 0 Å². The number of aromatic nitrogens is 1. The van der Waals surface area contributed by atoms with Gasteiger partial charge in [0, 0.05) is 12.1 Å². The Hall–Kier alpha value is -2.75. The highest BCUT2D eigenvalue weighted by molar-refractivity contribution is 5.65. The van der Waals surface area contributed by atoms with Gasteiger partial charge in [0.2, 0.25) is 0 Å². The van der Waals surface area contributed by atoms with E-state index in [1.165, 1.54) is 12.3 Å². The van der Waals surface area contributed by atoms with E-state index in [0.717, 1.165) is 6.07 Å². The highest BCUT2D eigenvalue weighted by Gasteiger charge is 2.13. The normalized spacial score (nSPS) is 10.0. The highest BCUT2D eigenvalue weighted by Crippen LogP contribution is 2.24. The Morgan fingerprint density at radius 3 is 2.63 bits per heavy atom. The smallest absolute Gasteiger partial charge is 0.182 e. The molecule has 0 aliphatic heterocycles. The molecule has 1 heterocycles. The molecule has 0 atom stereocenters. The van der Waals surface area contributed by atoms with Crippen molar-refractivity contribution in [3.05, 3.63) is 47.4 Å². The maximum atomic E-state index is 13.4. The molecule has 1 aromatic heterocycles. The molecule has 2 aromatic rings. The number of nitrogens with one attached hydrogen (secondary N) is 1. The summed E-state index contributed by atoms with van der Waals surface area (Å²) in [6.45, 7) is 0. The molecule has 0 spiro atoms. The Bertz CT molecular complexity index is 679. The van der Waals surface area contributed by atoms with Gasteiger partial charge in [0.15, 0.2) is 11.6 Å². The minimum absolute atomic E-state index is 0.0315. The van der Waals surface area contributed by atoms with E-state index in [2.05, 4.69) is 10.3 Å². The molecule has 0 radical (unpaired) electrons. The number of rotatable bonds is 2. The van der Waals surface area contributed by atoms with Crippen LogP contribution >= 0.6 is 0 Å². The number of hydrogen-bond donors (Lipinski definition) is 2. The number of nitrogens with zero attached hydrogens (tertiary/aromatic N) is 2. The molecule has 0 aliphatic rings. The number of benzene rings is 1. The molecule has 0 fully saturated rings. The van der Waals surface area contributed by atoms with Crippen LogP contribution in [0, 0.1) is 28.8 Å². The lowest BCUT2D eigenvalue weighted by Gasteiger charge is -2.09. The van der Waals surface area contributed by atoms with Crippen molar-refractivity contribution in [2.75, 3.05) is 11.1 Å². The summed E-state index contributed by atoms with van der Waals surface area (Å²) in [7, 11) is 0. The van der Waals surface area contributed by atoms with Crippen LogP contribution in [0.4, 0.5) is 30.4 Å². The van der Waals surface area contributed by atoms with Gasteiger partial charge in [-0.1, -0.05) is 0 Å². The third kappa shape index (κ3) is 2.57. The van der Waals surface area contributed by atoms with Crippen molar-refractivity contribution in [2.24, 2.45) is 0 Å². The Kier molecular flexibility index (Phi) is 3.25. The third-order valence-electron chi connectivity index (χ3n) is 2.28. The predicted octanol–water partition coefficient (Wildman–Crippen LogP) is 2.70. The van der Waals surface area contributed by atoms with Crippen LogP contribution in [0.15, 0.2) is 24.4 Å². The minimum atomic E-state index is -1.34. The van der Waals surface area contributed by atoms with Crippen molar-refractivity contribution in [2.45, 2.75) is 0 Å². The number of hydrogen-bond acceptors (Lipinski definition) is 4. The van der Waals surface area contributed by atoms with E-state index in [1.54, 1.807) is 6.07 Å². The lowest BCUT2D eigenvalue weighted by Crippen LogP contribution is -2.02. The van der Waals surface area contributed by atoms with Crippen molar-refractivity contribution in [1.82, 2.24) is 4.98 Å². The van der Waals surface area contributed by atoms with E-state index < -0.39 is 23.1 Å². The molecule has 0 saturated heterocycles. The average Bonchev–Trinajstić information content (AvgIpc) is 2.37. The quantitative estimate of drug-likeness (QED) is 0.818. The number of nitriles is 1. The third-order valence-corrected chi connectivity index (χ3v) is 2.28. The van der Waals surface area contributed by atoms with Crippen LogP contribution in [0.2, 0.25) is 0 Å². The van der Waals surface area contributed by atoms with Crippen molar-refractivity contribution in [1.29, 1.82) is 5.26 Å². The first-order valence-corrected chi connectivity index (χ1v) is 5.08. The molecule has 19 heavy (non-hydrogen) atoms. The van der Waals surface area contributed by atoms with Gasteiger partial charge >= 0.3 is 0 Å². The van der Waals surface area contributed by atoms with Gasteiger partial charge in [-0.2, -0.15) is 5.26 Å². The van der Waals surface area contributed by atoms with Crippen molar-refractivity contribution < 1.29 is 13.2 Å². The summed E-state index contributed by atoms with van der Waals surface area (Å²) in [4.78, 5) is 3.77. The highest BCUT2D eigenvalue weighted by atomic mass is 19.2. The van der Waals surface area contributed by atoms with E-state index in [9.17, 15) is 13.2 Å². The Balaban J connectivity index is 2.45.